The van der Waals surface area contributed by atoms with Gasteiger partial charge in [-0.05, 0) is 55.0 Å². The molecule has 0 spiro atoms. The second-order valence-electron chi connectivity index (χ2n) is 10.2. The van der Waals surface area contributed by atoms with E-state index in [1.807, 2.05) is 0 Å². The van der Waals surface area contributed by atoms with Crippen LogP contribution in [0, 0.1) is 0 Å². The topological polar surface area (TPSA) is 92.9 Å². The molecule has 0 aromatic heterocycles. The van der Waals surface area contributed by atoms with E-state index in [0.29, 0.717) is 23.7 Å². The van der Waals surface area contributed by atoms with Crippen LogP contribution in [0.5, 0.6) is 17.2 Å². The molecule has 210 valence electrons. The van der Waals surface area contributed by atoms with E-state index in [4.69, 9.17) is 10.5 Å². The number of carbonyl (C=O) groups is 2. The largest absolute Gasteiger partial charge is 0.508 e. The Balaban J connectivity index is 1.61. The maximum absolute atomic E-state index is 12.4. The lowest BCUT2D eigenvalue weighted by Crippen LogP contribution is -2.41. The summed E-state index contributed by atoms with van der Waals surface area (Å²) in [7, 11) is 0. The van der Waals surface area contributed by atoms with Gasteiger partial charge in [0, 0.05) is 12.2 Å². The van der Waals surface area contributed by atoms with E-state index in [2.05, 4.69) is 6.92 Å². The number of aromatic hydroxyl groups is 1. The molecule has 38 heavy (non-hydrogen) atoms. The molecule has 0 saturated heterocycles. The van der Waals surface area contributed by atoms with Gasteiger partial charge in [0.05, 0.1) is 0 Å². The minimum Gasteiger partial charge on any atom is -0.508 e. The van der Waals surface area contributed by atoms with Crippen LogP contribution >= 0.6 is 0 Å². The second-order valence-corrected chi connectivity index (χ2v) is 10.2. The van der Waals surface area contributed by atoms with Crippen molar-refractivity contribution in [3.63, 3.8) is 0 Å². The zero-order chi connectivity index (χ0) is 27.4. The van der Waals surface area contributed by atoms with Gasteiger partial charge in [-0.15, -0.1) is 0 Å². The zero-order valence-corrected chi connectivity index (χ0v) is 23.3. The summed E-state index contributed by atoms with van der Waals surface area (Å²) in [4.78, 5) is 25.5. The highest BCUT2D eigenvalue weighted by molar-refractivity contribution is 6.39. The van der Waals surface area contributed by atoms with Gasteiger partial charge >= 0.3 is 11.8 Å². The second kappa shape index (κ2) is 19.1. The molecule has 0 atom stereocenters. The summed E-state index contributed by atoms with van der Waals surface area (Å²) in [6, 6.07) is 13.4. The summed E-state index contributed by atoms with van der Waals surface area (Å²) in [5, 5.41) is 9.40. The van der Waals surface area contributed by atoms with Crippen LogP contribution in [-0.2, 0) is 9.59 Å². The highest BCUT2D eigenvalue weighted by Crippen LogP contribution is 2.26. The van der Waals surface area contributed by atoms with Crippen LogP contribution in [0.2, 0.25) is 0 Å². The summed E-state index contributed by atoms with van der Waals surface area (Å²) in [6.45, 7) is 2.72. The molecule has 0 unspecified atom stereocenters. The van der Waals surface area contributed by atoms with Crippen molar-refractivity contribution in [3.05, 3.63) is 48.5 Å². The maximum Gasteiger partial charge on any atom is 0.316 e. The molecule has 0 bridgehead atoms. The number of benzene rings is 2. The van der Waals surface area contributed by atoms with Gasteiger partial charge in [0.2, 0.25) is 0 Å². The van der Waals surface area contributed by atoms with Gasteiger partial charge in [0.25, 0.3) is 0 Å². The Hall–Kier alpha value is -3.02. The first-order valence-electron chi connectivity index (χ1n) is 14.7. The lowest BCUT2D eigenvalue weighted by molar-refractivity contribution is -0.135. The number of hydrogen-bond donors (Lipinski definition) is 2. The van der Waals surface area contributed by atoms with Gasteiger partial charge < -0.3 is 20.5 Å². The van der Waals surface area contributed by atoms with Crippen LogP contribution in [0.15, 0.2) is 48.5 Å². The van der Waals surface area contributed by atoms with Crippen LogP contribution in [0.4, 0.5) is 5.69 Å². The predicted octanol–water partition coefficient (Wildman–Crippen LogP) is 8.26. The van der Waals surface area contributed by atoms with Gasteiger partial charge in [0.1, 0.15) is 17.2 Å². The number of carbonyl (C=O) groups excluding carboxylic acids is 2. The molecular formula is C32H48N2O4. The first-order valence-corrected chi connectivity index (χ1v) is 14.7. The summed E-state index contributed by atoms with van der Waals surface area (Å²) < 4.78 is 5.76. The van der Waals surface area contributed by atoms with Crippen molar-refractivity contribution in [2.75, 3.05) is 11.4 Å². The Labute approximate surface area is 229 Å². The fourth-order valence-corrected chi connectivity index (χ4v) is 4.64. The van der Waals surface area contributed by atoms with Gasteiger partial charge in [-0.25, -0.2) is 0 Å². The Morgan fingerprint density at radius 3 is 1.47 bits per heavy atom. The average Bonchev–Trinajstić information content (AvgIpc) is 2.92. The number of nitrogens with zero attached hydrogens (tertiary/aromatic N) is 1. The van der Waals surface area contributed by atoms with Gasteiger partial charge in [0.15, 0.2) is 0 Å². The summed E-state index contributed by atoms with van der Waals surface area (Å²) in [5.74, 6) is -0.298. The van der Waals surface area contributed by atoms with Crippen molar-refractivity contribution >= 4 is 17.5 Å². The number of phenolic OH excluding ortho intramolecular Hbond substituents is 1. The number of anilines is 1. The van der Waals surface area contributed by atoms with Gasteiger partial charge in [-0.3, -0.25) is 9.59 Å². The van der Waals surface area contributed by atoms with E-state index in [1.54, 1.807) is 48.5 Å². The third-order valence-electron chi connectivity index (χ3n) is 6.91. The van der Waals surface area contributed by atoms with Crippen molar-refractivity contribution in [2.24, 2.45) is 5.73 Å². The molecule has 2 rings (SSSR count). The average molecular weight is 525 g/mol. The molecule has 0 aliphatic carbocycles. The molecule has 6 nitrogen and oxygen atoms in total. The molecule has 0 heterocycles. The van der Waals surface area contributed by atoms with E-state index < -0.39 is 11.8 Å². The predicted molar refractivity (Wildman–Crippen MR) is 156 cm³/mol. The summed E-state index contributed by atoms with van der Waals surface area (Å²) in [6.07, 6.45) is 20.5. The van der Waals surface area contributed by atoms with Crippen LogP contribution in [0.3, 0.4) is 0 Å². The molecule has 0 fully saturated rings. The highest BCUT2D eigenvalue weighted by atomic mass is 16.5. The number of nitrogens with two attached hydrogens (primary N) is 1. The fraction of sp³-hybridized carbons (Fsp3) is 0.562. The molecule has 0 aliphatic rings. The summed E-state index contributed by atoms with van der Waals surface area (Å²) in [5.41, 5.74) is 5.92. The number of unbranched alkanes of at least 4 members (excludes halogenated alkanes) is 15. The monoisotopic (exact) mass is 524 g/mol. The molecule has 3 N–H and O–H groups in total. The Morgan fingerprint density at radius 1 is 0.658 bits per heavy atom. The number of ether oxygens (including phenoxy) is 1. The Kier molecular flexibility index (Phi) is 15.7. The maximum atomic E-state index is 12.4. The minimum absolute atomic E-state index is 0.169. The lowest BCUT2D eigenvalue weighted by atomic mass is 10.0. The minimum atomic E-state index is -0.953. The quantitative estimate of drug-likeness (QED) is 0.135. The van der Waals surface area contributed by atoms with Gasteiger partial charge in [-0.1, -0.05) is 103 Å². The van der Waals surface area contributed by atoms with Crippen molar-refractivity contribution in [1.82, 2.24) is 0 Å². The fourth-order valence-electron chi connectivity index (χ4n) is 4.64. The normalized spacial score (nSPS) is 10.9. The van der Waals surface area contributed by atoms with Crippen LogP contribution in [0.25, 0.3) is 0 Å². The lowest BCUT2D eigenvalue weighted by Gasteiger charge is -2.21. The van der Waals surface area contributed by atoms with Crippen molar-refractivity contribution in [3.8, 4) is 17.2 Å². The van der Waals surface area contributed by atoms with Crippen molar-refractivity contribution in [1.29, 1.82) is 0 Å². The third-order valence-corrected chi connectivity index (χ3v) is 6.91. The van der Waals surface area contributed by atoms with Crippen LogP contribution < -0.4 is 15.4 Å². The van der Waals surface area contributed by atoms with Crippen LogP contribution in [-0.4, -0.2) is 23.5 Å². The third kappa shape index (κ3) is 13.0. The molecule has 0 radical (unpaired) electrons. The van der Waals surface area contributed by atoms with Gasteiger partial charge in [-0.2, -0.15) is 0 Å². The molecule has 2 amide bonds. The molecular weight excluding hydrogens is 476 g/mol. The molecule has 0 aliphatic heterocycles. The van der Waals surface area contributed by atoms with E-state index >= 15 is 0 Å². The van der Waals surface area contributed by atoms with Crippen molar-refractivity contribution in [2.45, 2.75) is 110 Å². The zero-order valence-electron chi connectivity index (χ0n) is 23.3. The smallest absolute Gasteiger partial charge is 0.316 e. The first-order chi connectivity index (χ1) is 18.5. The number of amides is 2. The van der Waals surface area contributed by atoms with Crippen LogP contribution in [0.1, 0.15) is 110 Å². The highest BCUT2D eigenvalue weighted by Gasteiger charge is 2.20. The molecule has 2 aromatic rings. The molecule has 0 saturated carbocycles. The van der Waals surface area contributed by atoms with E-state index in [9.17, 15) is 14.7 Å². The van der Waals surface area contributed by atoms with E-state index in [-0.39, 0.29) is 5.75 Å². The van der Waals surface area contributed by atoms with E-state index in [1.165, 1.54) is 88.4 Å². The number of primary amides is 1. The molecule has 6 heteroatoms. The Bertz CT molecular complexity index is 912. The van der Waals surface area contributed by atoms with Crippen molar-refractivity contribution < 1.29 is 19.4 Å². The Morgan fingerprint density at radius 2 is 1.05 bits per heavy atom. The SMILES string of the molecule is CCCCCCCCCCCCCCCCCCN(C(=O)C(N)=O)c1ccc(Oc2ccc(O)cc2)cc1. The number of rotatable bonds is 20. The molecule has 2 aromatic carbocycles. The number of hydrogen-bond acceptors (Lipinski definition) is 4. The first kappa shape index (κ1) is 31.2. The summed E-state index contributed by atoms with van der Waals surface area (Å²) >= 11 is 0. The standard InChI is InChI=1S/C32H48N2O4/c1-2-3-4-5-6-7-8-9-10-11-12-13-14-15-16-17-26-34(32(37)31(33)36)27-18-22-29(23-19-27)38-30-24-20-28(35)21-25-30/h18-25,35H,2-17,26H2,1H3,(H2,33,36). The number of phenols is 1. The van der Waals surface area contributed by atoms with E-state index in [0.717, 1.165) is 19.3 Å².